The van der Waals surface area contributed by atoms with Crippen LogP contribution >= 0.6 is 0 Å². The summed E-state index contributed by atoms with van der Waals surface area (Å²) in [5.74, 6) is 5.35. The van der Waals surface area contributed by atoms with Crippen LogP contribution in [0.15, 0.2) is 34.3 Å². The van der Waals surface area contributed by atoms with Crippen molar-refractivity contribution in [1.29, 1.82) is 0 Å². The summed E-state index contributed by atoms with van der Waals surface area (Å²) in [7, 11) is -1.46. The van der Waals surface area contributed by atoms with Gasteiger partial charge in [0.25, 0.3) is 0 Å². The van der Waals surface area contributed by atoms with Gasteiger partial charge in [-0.3, -0.25) is 9.00 Å². The van der Waals surface area contributed by atoms with Gasteiger partial charge in [-0.25, -0.2) is 4.98 Å². The molecule has 7 heteroatoms. The second-order valence-electron chi connectivity index (χ2n) is 5.98. The summed E-state index contributed by atoms with van der Waals surface area (Å²) in [6.07, 6.45) is 9.74. The number of aliphatic carboxylic acids is 1. The van der Waals surface area contributed by atoms with E-state index >= 15 is 0 Å². The van der Waals surface area contributed by atoms with Gasteiger partial charge in [0.2, 0.25) is 5.89 Å². The molecule has 1 aliphatic rings. The molecule has 1 aromatic rings. The smallest absolute Gasteiger partial charge is 0.316 e. The average molecular weight is 389 g/mol. The molecule has 0 aliphatic heterocycles. The van der Waals surface area contributed by atoms with Gasteiger partial charge in [0.15, 0.2) is 0 Å². The maximum absolute atomic E-state index is 11.3. The van der Waals surface area contributed by atoms with E-state index in [0.29, 0.717) is 18.9 Å². The topological polar surface area (TPSA) is 89.6 Å². The zero-order valence-corrected chi connectivity index (χ0v) is 16.3. The van der Waals surface area contributed by atoms with Gasteiger partial charge in [-0.05, 0) is 26.3 Å². The van der Waals surface area contributed by atoms with Crippen molar-refractivity contribution in [2.24, 2.45) is 0 Å². The Morgan fingerprint density at radius 1 is 1.33 bits per heavy atom. The van der Waals surface area contributed by atoms with Gasteiger partial charge in [0.1, 0.15) is 18.1 Å². The number of aryl methyl sites for hydroxylation is 1. The first kappa shape index (κ1) is 20.9. The number of nitrogens with zero attached hydrogens (tertiary/aromatic N) is 1. The molecule has 0 radical (unpaired) electrons. The number of rotatable bonds is 8. The van der Waals surface area contributed by atoms with E-state index in [1.165, 1.54) is 5.57 Å². The van der Waals surface area contributed by atoms with E-state index in [1.807, 2.05) is 19.1 Å². The fraction of sp³-hybridized carbons (Fsp3) is 0.400. The van der Waals surface area contributed by atoms with Gasteiger partial charge in [-0.2, -0.15) is 0 Å². The van der Waals surface area contributed by atoms with Crippen molar-refractivity contribution in [3.8, 4) is 11.8 Å². The summed E-state index contributed by atoms with van der Waals surface area (Å²) < 4.78 is 22.5. The number of aromatic nitrogens is 1. The first-order valence-corrected chi connectivity index (χ1v) is 10.1. The summed E-state index contributed by atoms with van der Waals surface area (Å²) >= 11 is 0. The number of hydrogen-bond acceptors (Lipinski definition) is 5. The molecule has 2 rings (SSSR count). The summed E-state index contributed by atoms with van der Waals surface area (Å²) in [4.78, 5) is 15.0. The van der Waals surface area contributed by atoms with Crippen LogP contribution in [0, 0.1) is 18.8 Å². The normalized spacial score (nSPS) is 14.6. The lowest BCUT2D eigenvalue weighted by Crippen LogP contribution is -2.11. The highest BCUT2D eigenvalue weighted by Crippen LogP contribution is 2.22. The van der Waals surface area contributed by atoms with E-state index in [0.717, 1.165) is 23.4 Å². The Morgan fingerprint density at radius 2 is 2.15 bits per heavy atom. The lowest BCUT2D eigenvalue weighted by Gasteiger charge is -1.98. The van der Waals surface area contributed by atoms with Crippen LogP contribution in [0.1, 0.15) is 30.7 Å². The summed E-state index contributed by atoms with van der Waals surface area (Å²) in [5, 5.41) is 8.51. The Kier molecular flexibility index (Phi) is 8.24. The van der Waals surface area contributed by atoms with Crippen LogP contribution in [0.2, 0.25) is 0 Å². The number of carbonyl (C=O) groups is 1. The molecule has 1 heterocycles. The van der Waals surface area contributed by atoms with Crippen molar-refractivity contribution in [1.82, 2.24) is 4.98 Å². The molecule has 1 unspecified atom stereocenters. The van der Waals surface area contributed by atoms with Crippen molar-refractivity contribution in [2.75, 3.05) is 24.7 Å². The molecule has 0 spiro atoms. The highest BCUT2D eigenvalue weighted by molar-refractivity contribution is 7.85. The predicted molar refractivity (Wildman–Crippen MR) is 105 cm³/mol. The van der Waals surface area contributed by atoms with Gasteiger partial charge in [-0.1, -0.05) is 35.6 Å². The zero-order chi connectivity index (χ0) is 19.6. The van der Waals surface area contributed by atoms with E-state index < -0.39 is 16.8 Å². The minimum atomic E-state index is -1.46. The van der Waals surface area contributed by atoms with E-state index in [1.54, 1.807) is 0 Å². The fourth-order valence-electron chi connectivity index (χ4n) is 2.33. The quantitative estimate of drug-likeness (QED) is 0.543. The molecule has 0 saturated heterocycles. The molecule has 6 nitrogen and oxygen atoms in total. The first-order chi connectivity index (χ1) is 13.0. The Balaban J connectivity index is 1.77. The van der Waals surface area contributed by atoms with Crippen LogP contribution in [0.25, 0.3) is 5.57 Å². The second kappa shape index (κ2) is 10.7. The van der Waals surface area contributed by atoms with Gasteiger partial charge in [0, 0.05) is 22.8 Å². The standard InChI is InChI=1S/C20H23NO5S/c1-15-6-5-7-17(9-8-15)20-21-18(16(2)26-20)10-12-25-11-3-4-13-27(24)14-19(22)23/h6-9H,5,10-14H2,1-2H3,(H,22,23). The number of carboxylic acid groups (broad SMARTS) is 1. The average Bonchev–Trinajstić information content (AvgIpc) is 2.82. The molecule has 1 aliphatic carbocycles. The number of allylic oxidation sites excluding steroid dienone is 6. The number of hydrogen-bond donors (Lipinski definition) is 1. The molecule has 27 heavy (non-hydrogen) atoms. The van der Waals surface area contributed by atoms with Crippen molar-refractivity contribution >= 4 is 22.3 Å². The van der Waals surface area contributed by atoms with Crippen molar-refractivity contribution in [2.45, 2.75) is 26.7 Å². The maximum Gasteiger partial charge on any atom is 0.316 e. The van der Waals surface area contributed by atoms with Crippen molar-refractivity contribution in [3.63, 3.8) is 0 Å². The van der Waals surface area contributed by atoms with Crippen LogP contribution in [0.5, 0.6) is 0 Å². The largest absolute Gasteiger partial charge is 0.481 e. The van der Waals surface area contributed by atoms with Crippen LogP contribution in [-0.4, -0.2) is 45.0 Å². The monoisotopic (exact) mass is 389 g/mol. The van der Waals surface area contributed by atoms with Crippen LogP contribution < -0.4 is 0 Å². The molecule has 0 amide bonds. The molecule has 1 atom stereocenters. The molecule has 0 fully saturated rings. The van der Waals surface area contributed by atoms with Gasteiger partial charge in [0.05, 0.1) is 18.1 Å². The zero-order valence-electron chi connectivity index (χ0n) is 15.5. The summed E-state index contributed by atoms with van der Waals surface area (Å²) in [6, 6.07) is 0. The SMILES string of the molecule is CC1=CCC=C(c2nc(CCOCC#CCS(=O)CC(=O)O)c(C)o2)C=C1. The van der Waals surface area contributed by atoms with Gasteiger partial charge in [-0.15, -0.1) is 0 Å². The number of oxazole rings is 1. The molecule has 0 bridgehead atoms. The van der Waals surface area contributed by atoms with Crippen LogP contribution in [0.4, 0.5) is 0 Å². The Morgan fingerprint density at radius 3 is 2.93 bits per heavy atom. The molecule has 0 aromatic carbocycles. The second-order valence-corrected chi connectivity index (χ2v) is 7.43. The first-order valence-electron chi connectivity index (χ1n) is 8.57. The van der Waals surface area contributed by atoms with Crippen molar-refractivity contribution in [3.05, 3.63) is 47.2 Å². The van der Waals surface area contributed by atoms with Crippen LogP contribution in [0.3, 0.4) is 0 Å². The van der Waals surface area contributed by atoms with E-state index in [4.69, 9.17) is 14.3 Å². The molecule has 144 valence electrons. The summed E-state index contributed by atoms with van der Waals surface area (Å²) in [6.45, 7) is 4.58. The van der Waals surface area contributed by atoms with Gasteiger partial charge < -0.3 is 14.3 Å². The Hall–Kier alpha value is -2.43. The third kappa shape index (κ3) is 7.37. The van der Waals surface area contributed by atoms with E-state index in [2.05, 4.69) is 35.9 Å². The molecule has 1 aromatic heterocycles. The fourth-order valence-corrected chi connectivity index (χ4v) is 2.98. The highest BCUT2D eigenvalue weighted by Gasteiger charge is 2.12. The van der Waals surface area contributed by atoms with Gasteiger partial charge >= 0.3 is 5.97 Å². The minimum absolute atomic E-state index is 0.0401. The number of carboxylic acids is 1. The van der Waals surface area contributed by atoms with Crippen LogP contribution in [-0.2, 0) is 26.8 Å². The number of ether oxygens (including phenoxy) is 1. The minimum Gasteiger partial charge on any atom is -0.481 e. The highest BCUT2D eigenvalue weighted by atomic mass is 32.2. The molecule has 1 N–H and O–H groups in total. The Bertz CT molecular complexity index is 851. The third-order valence-electron chi connectivity index (χ3n) is 3.74. The Labute approximate surface area is 161 Å². The van der Waals surface area contributed by atoms with E-state index in [-0.39, 0.29) is 18.1 Å². The lowest BCUT2D eigenvalue weighted by atomic mass is 10.2. The molecule has 0 saturated carbocycles. The molecular weight excluding hydrogens is 366 g/mol. The molecular formula is C20H23NO5S. The lowest BCUT2D eigenvalue weighted by molar-refractivity contribution is -0.133. The van der Waals surface area contributed by atoms with Crippen molar-refractivity contribution < 1.29 is 23.3 Å². The predicted octanol–water partition coefficient (Wildman–Crippen LogP) is 2.67. The third-order valence-corrected chi connectivity index (χ3v) is 4.78. The summed E-state index contributed by atoms with van der Waals surface area (Å²) in [5.41, 5.74) is 3.04. The maximum atomic E-state index is 11.3. The van der Waals surface area contributed by atoms with E-state index in [9.17, 15) is 9.00 Å².